The van der Waals surface area contributed by atoms with Crippen molar-refractivity contribution in [3.8, 4) is 5.75 Å². The molecule has 0 spiro atoms. The lowest BCUT2D eigenvalue weighted by Crippen LogP contribution is -2.16. The minimum absolute atomic E-state index is 0.133. The highest BCUT2D eigenvalue weighted by atomic mass is 16.5. The van der Waals surface area contributed by atoms with Crippen LogP contribution in [-0.2, 0) is 4.74 Å². The van der Waals surface area contributed by atoms with Crippen molar-refractivity contribution < 1.29 is 9.47 Å². The Morgan fingerprint density at radius 2 is 1.80 bits per heavy atom. The van der Waals surface area contributed by atoms with Crippen LogP contribution in [0.15, 0.2) is 48.5 Å². The molecule has 0 saturated carbocycles. The van der Waals surface area contributed by atoms with Gasteiger partial charge in [-0.1, -0.05) is 30.3 Å². The lowest BCUT2D eigenvalue weighted by molar-refractivity contribution is 0.186. The Morgan fingerprint density at radius 3 is 2.40 bits per heavy atom. The van der Waals surface area contributed by atoms with Crippen LogP contribution in [0.3, 0.4) is 0 Å². The maximum atomic E-state index is 5.32. The molecule has 2 aromatic rings. The summed E-state index contributed by atoms with van der Waals surface area (Å²) in [5.41, 5.74) is 3.39. The van der Waals surface area contributed by atoms with Crippen molar-refractivity contribution in [2.75, 3.05) is 26.1 Å². The van der Waals surface area contributed by atoms with E-state index >= 15 is 0 Å². The van der Waals surface area contributed by atoms with Crippen molar-refractivity contribution in [2.45, 2.75) is 13.0 Å². The summed E-state index contributed by atoms with van der Waals surface area (Å²) in [5.74, 6) is 0.901. The second-order valence-corrected chi connectivity index (χ2v) is 4.75. The number of hydrogen-bond donors (Lipinski definition) is 1. The second-order valence-electron chi connectivity index (χ2n) is 4.75. The third-order valence-corrected chi connectivity index (χ3v) is 3.27. The standard InChI is InChI=1S/C17H21NO2/c1-13-11-15(9-10-17(13)20-3)18-16(12-19-2)14-7-5-4-6-8-14/h4-11,16,18H,12H2,1-3H3. The van der Waals surface area contributed by atoms with Gasteiger partial charge in [0.05, 0.1) is 19.8 Å². The zero-order chi connectivity index (χ0) is 14.4. The Hall–Kier alpha value is -2.00. The van der Waals surface area contributed by atoms with Gasteiger partial charge in [-0.15, -0.1) is 0 Å². The molecule has 0 radical (unpaired) electrons. The molecule has 1 atom stereocenters. The molecule has 1 N–H and O–H groups in total. The van der Waals surface area contributed by atoms with E-state index in [1.54, 1.807) is 14.2 Å². The SMILES string of the molecule is COCC(Nc1ccc(OC)c(C)c1)c1ccccc1. The van der Waals surface area contributed by atoms with E-state index in [0.29, 0.717) is 6.61 Å². The maximum absolute atomic E-state index is 5.32. The molecule has 0 bridgehead atoms. The van der Waals surface area contributed by atoms with E-state index in [4.69, 9.17) is 9.47 Å². The Kier molecular flexibility index (Phi) is 5.02. The summed E-state index contributed by atoms with van der Waals surface area (Å²) >= 11 is 0. The lowest BCUT2D eigenvalue weighted by Gasteiger charge is -2.20. The summed E-state index contributed by atoms with van der Waals surface area (Å²) in [6, 6.07) is 16.5. The first-order valence-corrected chi connectivity index (χ1v) is 6.69. The number of methoxy groups -OCH3 is 2. The van der Waals surface area contributed by atoms with E-state index in [2.05, 4.69) is 23.5 Å². The highest BCUT2D eigenvalue weighted by molar-refractivity contribution is 5.52. The molecule has 3 heteroatoms. The Labute approximate surface area is 120 Å². The quantitative estimate of drug-likeness (QED) is 0.866. The van der Waals surface area contributed by atoms with Crippen LogP contribution >= 0.6 is 0 Å². The third kappa shape index (κ3) is 3.52. The van der Waals surface area contributed by atoms with Crippen LogP contribution < -0.4 is 10.1 Å². The van der Waals surface area contributed by atoms with Crippen molar-refractivity contribution in [3.63, 3.8) is 0 Å². The van der Waals surface area contributed by atoms with Crippen LogP contribution in [0, 0.1) is 6.92 Å². The van der Waals surface area contributed by atoms with Gasteiger partial charge in [0.1, 0.15) is 5.75 Å². The number of nitrogens with one attached hydrogen (secondary N) is 1. The first-order valence-electron chi connectivity index (χ1n) is 6.69. The van der Waals surface area contributed by atoms with Gasteiger partial charge in [0.15, 0.2) is 0 Å². The predicted octanol–water partition coefficient (Wildman–Crippen LogP) is 3.80. The van der Waals surface area contributed by atoms with Crippen LogP contribution in [0.2, 0.25) is 0 Å². The molecule has 0 heterocycles. The Morgan fingerprint density at radius 1 is 1.05 bits per heavy atom. The maximum Gasteiger partial charge on any atom is 0.121 e. The molecule has 0 aliphatic carbocycles. The van der Waals surface area contributed by atoms with Crippen molar-refractivity contribution in [2.24, 2.45) is 0 Å². The average molecular weight is 271 g/mol. The average Bonchev–Trinajstić information content (AvgIpc) is 2.48. The van der Waals surface area contributed by atoms with Crippen LogP contribution in [0.1, 0.15) is 17.2 Å². The Bertz CT molecular complexity index is 540. The number of anilines is 1. The minimum Gasteiger partial charge on any atom is -0.496 e. The van der Waals surface area contributed by atoms with E-state index in [1.165, 1.54) is 5.56 Å². The molecular formula is C17H21NO2. The van der Waals surface area contributed by atoms with Gasteiger partial charge in [0.2, 0.25) is 0 Å². The largest absolute Gasteiger partial charge is 0.496 e. The number of ether oxygens (including phenoxy) is 2. The highest BCUT2D eigenvalue weighted by Crippen LogP contribution is 2.25. The first kappa shape index (κ1) is 14.4. The topological polar surface area (TPSA) is 30.5 Å². The van der Waals surface area contributed by atoms with Gasteiger partial charge in [0, 0.05) is 12.8 Å². The van der Waals surface area contributed by atoms with Crippen molar-refractivity contribution in [3.05, 3.63) is 59.7 Å². The molecular weight excluding hydrogens is 250 g/mol. The summed E-state index contributed by atoms with van der Waals surface area (Å²) < 4.78 is 10.6. The number of hydrogen-bond acceptors (Lipinski definition) is 3. The highest BCUT2D eigenvalue weighted by Gasteiger charge is 2.11. The molecule has 0 saturated heterocycles. The molecule has 0 aliphatic heterocycles. The summed E-state index contributed by atoms with van der Waals surface area (Å²) in [5, 5.41) is 3.51. The molecule has 2 aromatic carbocycles. The van der Waals surface area contributed by atoms with Gasteiger partial charge in [0.25, 0.3) is 0 Å². The third-order valence-electron chi connectivity index (χ3n) is 3.27. The summed E-state index contributed by atoms with van der Waals surface area (Å²) in [6.45, 7) is 2.66. The fraction of sp³-hybridized carbons (Fsp3) is 0.294. The van der Waals surface area contributed by atoms with E-state index in [0.717, 1.165) is 17.0 Å². The van der Waals surface area contributed by atoms with Crippen molar-refractivity contribution in [1.82, 2.24) is 0 Å². The van der Waals surface area contributed by atoms with Crippen LogP contribution in [0.25, 0.3) is 0 Å². The van der Waals surface area contributed by atoms with E-state index in [-0.39, 0.29) is 6.04 Å². The van der Waals surface area contributed by atoms with E-state index in [9.17, 15) is 0 Å². The number of rotatable bonds is 6. The lowest BCUT2D eigenvalue weighted by atomic mass is 10.1. The fourth-order valence-electron chi connectivity index (χ4n) is 2.24. The summed E-state index contributed by atoms with van der Waals surface area (Å²) in [7, 11) is 3.41. The van der Waals surface area contributed by atoms with Gasteiger partial charge in [-0.05, 0) is 36.2 Å². The second kappa shape index (κ2) is 6.96. The molecule has 1 unspecified atom stereocenters. The molecule has 20 heavy (non-hydrogen) atoms. The minimum atomic E-state index is 0.133. The van der Waals surface area contributed by atoms with E-state index in [1.807, 2.05) is 37.3 Å². The van der Waals surface area contributed by atoms with Gasteiger partial charge in [-0.3, -0.25) is 0 Å². The monoisotopic (exact) mass is 271 g/mol. The molecule has 3 nitrogen and oxygen atoms in total. The van der Waals surface area contributed by atoms with Gasteiger partial charge >= 0.3 is 0 Å². The molecule has 0 aliphatic rings. The normalized spacial score (nSPS) is 11.9. The van der Waals surface area contributed by atoms with Gasteiger partial charge < -0.3 is 14.8 Å². The zero-order valence-electron chi connectivity index (χ0n) is 12.2. The van der Waals surface area contributed by atoms with Gasteiger partial charge in [-0.25, -0.2) is 0 Å². The predicted molar refractivity (Wildman–Crippen MR) is 82.4 cm³/mol. The van der Waals surface area contributed by atoms with Crippen molar-refractivity contribution >= 4 is 5.69 Å². The smallest absolute Gasteiger partial charge is 0.121 e. The van der Waals surface area contributed by atoms with Crippen LogP contribution in [-0.4, -0.2) is 20.8 Å². The summed E-state index contributed by atoms with van der Waals surface area (Å²) in [4.78, 5) is 0. The molecule has 0 aromatic heterocycles. The zero-order valence-corrected chi connectivity index (χ0v) is 12.2. The molecule has 0 fully saturated rings. The molecule has 106 valence electrons. The number of benzene rings is 2. The van der Waals surface area contributed by atoms with Gasteiger partial charge in [-0.2, -0.15) is 0 Å². The Balaban J connectivity index is 2.18. The van der Waals surface area contributed by atoms with Crippen LogP contribution in [0.5, 0.6) is 5.75 Å². The molecule has 0 amide bonds. The summed E-state index contributed by atoms with van der Waals surface area (Å²) in [6.07, 6.45) is 0. The van der Waals surface area contributed by atoms with Crippen LogP contribution in [0.4, 0.5) is 5.69 Å². The van der Waals surface area contributed by atoms with E-state index < -0.39 is 0 Å². The first-order chi connectivity index (χ1) is 9.74. The van der Waals surface area contributed by atoms with Crippen molar-refractivity contribution in [1.29, 1.82) is 0 Å². The fourth-order valence-corrected chi connectivity index (χ4v) is 2.24. The number of aryl methyl sites for hydroxylation is 1. The molecule has 2 rings (SSSR count).